The second kappa shape index (κ2) is 9.28. The average Bonchev–Trinajstić information content (AvgIpc) is 3.20. The SMILES string of the molecule is Cc1ccc(SCCNC(=O)Cn2cnc3scc(-c4ccccc4)c3c2=O)cc1. The standard InChI is InChI=1S/C23H21N3O2S2/c1-16-7-9-18(10-8-16)29-12-11-24-20(27)13-26-15-25-22-21(23(26)28)19(14-30-22)17-5-3-2-4-6-17/h2-10,14-15H,11-13H2,1H3,(H,24,27). The summed E-state index contributed by atoms with van der Waals surface area (Å²) >= 11 is 3.13. The van der Waals surface area contributed by atoms with Gasteiger partial charge >= 0.3 is 0 Å². The molecule has 0 radical (unpaired) electrons. The number of hydrogen-bond acceptors (Lipinski definition) is 5. The highest BCUT2D eigenvalue weighted by Gasteiger charge is 2.14. The third-order valence-corrected chi connectivity index (χ3v) is 6.57. The third-order valence-electron chi connectivity index (χ3n) is 4.67. The second-order valence-electron chi connectivity index (χ2n) is 6.88. The van der Waals surface area contributed by atoms with Crippen LogP contribution < -0.4 is 10.9 Å². The molecule has 0 aliphatic rings. The number of benzene rings is 2. The largest absolute Gasteiger partial charge is 0.354 e. The van der Waals surface area contributed by atoms with Crippen molar-refractivity contribution >= 4 is 39.2 Å². The Morgan fingerprint density at radius 2 is 1.90 bits per heavy atom. The molecule has 1 amide bonds. The van der Waals surface area contributed by atoms with Crippen molar-refractivity contribution in [2.45, 2.75) is 18.4 Å². The molecular formula is C23H21N3O2S2. The number of nitrogens with one attached hydrogen (secondary N) is 1. The molecule has 30 heavy (non-hydrogen) atoms. The Morgan fingerprint density at radius 1 is 1.13 bits per heavy atom. The number of aryl methyl sites for hydroxylation is 1. The quantitative estimate of drug-likeness (QED) is 0.346. The average molecular weight is 436 g/mol. The summed E-state index contributed by atoms with van der Waals surface area (Å²) in [6, 6.07) is 18.1. The van der Waals surface area contributed by atoms with Gasteiger partial charge in [0.2, 0.25) is 5.91 Å². The molecule has 2 heterocycles. The number of thiophene rings is 1. The number of aromatic nitrogens is 2. The van der Waals surface area contributed by atoms with E-state index in [0.29, 0.717) is 16.8 Å². The summed E-state index contributed by atoms with van der Waals surface area (Å²) in [5, 5.41) is 5.40. The van der Waals surface area contributed by atoms with Crippen LogP contribution in [-0.2, 0) is 11.3 Å². The second-order valence-corrected chi connectivity index (χ2v) is 8.91. The van der Waals surface area contributed by atoms with Crippen molar-refractivity contribution in [3.8, 4) is 11.1 Å². The monoisotopic (exact) mass is 435 g/mol. The zero-order valence-electron chi connectivity index (χ0n) is 16.5. The summed E-state index contributed by atoms with van der Waals surface area (Å²) in [5.74, 6) is 0.572. The van der Waals surface area contributed by atoms with Crippen molar-refractivity contribution in [1.82, 2.24) is 14.9 Å². The highest BCUT2D eigenvalue weighted by molar-refractivity contribution is 7.99. The van der Waals surface area contributed by atoms with Gasteiger partial charge in [-0.2, -0.15) is 0 Å². The maximum Gasteiger partial charge on any atom is 0.263 e. The molecular weight excluding hydrogens is 414 g/mol. The van der Waals surface area contributed by atoms with E-state index in [4.69, 9.17) is 0 Å². The molecule has 0 spiro atoms. The van der Waals surface area contributed by atoms with Crippen molar-refractivity contribution in [2.24, 2.45) is 0 Å². The van der Waals surface area contributed by atoms with Crippen molar-refractivity contribution in [3.05, 3.63) is 82.2 Å². The number of rotatable bonds is 7. The Balaban J connectivity index is 1.41. The molecule has 0 atom stereocenters. The first-order valence-electron chi connectivity index (χ1n) is 9.60. The lowest BCUT2D eigenvalue weighted by Gasteiger charge is -2.08. The summed E-state index contributed by atoms with van der Waals surface area (Å²) in [5.41, 5.74) is 2.87. The molecule has 7 heteroatoms. The van der Waals surface area contributed by atoms with Gasteiger partial charge in [-0.3, -0.25) is 14.2 Å². The topological polar surface area (TPSA) is 64.0 Å². The van der Waals surface area contributed by atoms with Gasteiger partial charge in [-0.05, 0) is 24.6 Å². The number of amides is 1. The van der Waals surface area contributed by atoms with Crippen LogP contribution in [0.15, 0.2) is 76.0 Å². The van der Waals surface area contributed by atoms with Crippen LogP contribution >= 0.6 is 23.1 Å². The highest BCUT2D eigenvalue weighted by atomic mass is 32.2. The Morgan fingerprint density at radius 3 is 2.67 bits per heavy atom. The Kier molecular flexibility index (Phi) is 6.30. The highest BCUT2D eigenvalue weighted by Crippen LogP contribution is 2.30. The van der Waals surface area contributed by atoms with E-state index < -0.39 is 0 Å². The summed E-state index contributed by atoms with van der Waals surface area (Å²) in [4.78, 5) is 31.6. The number of carbonyl (C=O) groups excluding carboxylic acids is 1. The first kappa shape index (κ1) is 20.4. The van der Waals surface area contributed by atoms with Gasteiger partial charge in [-0.15, -0.1) is 23.1 Å². The summed E-state index contributed by atoms with van der Waals surface area (Å²) < 4.78 is 1.38. The molecule has 5 nitrogen and oxygen atoms in total. The number of hydrogen-bond donors (Lipinski definition) is 1. The zero-order chi connectivity index (χ0) is 20.9. The number of carbonyl (C=O) groups is 1. The number of thioether (sulfide) groups is 1. The van der Waals surface area contributed by atoms with Crippen LogP contribution in [0.3, 0.4) is 0 Å². The summed E-state index contributed by atoms with van der Waals surface area (Å²) in [7, 11) is 0. The minimum atomic E-state index is -0.195. The van der Waals surface area contributed by atoms with Crippen LogP contribution in [0.25, 0.3) is 21.3 Å². The van der Waals surface area contributed by atoms with E-state index in [2.05, 4.69) is 41.5 Å². The molecule has 4 aromatic rings. The van der Waals surface area contributed by atoms with Gasteiger partial charge in [0.25, 0.3) is 5.56 Å². The fraction of sp³-hybridized carbons (Fsp3) is 0.174. The maximum absolute atomic E-state index is 13.0. The van der Waals surface area contributed by atoms with E-state index in [1.54, 1.807) is 11.8 Å². The van der Waals surface area contributed by atoms with E-state index in [-0.39, 0.29) is 18.0 Å². The molecule has 0 fully saturated rings. The van der Waals surface area contributed by atoms with Crippen molar-refractivity contribution in [1.29, 1.82) is 0 Å². The number of nitrogens with zero attached hydrogens (tertiary/aromatic N) is 2. The van der Waals surface area contributed by atoms with E-state index >= 15 is 0 Å². The zero-order valence-corrected chi connectivity index (χ0v) is 18.1. The van der Waals surface area contributed by atoms with Crippen molar-refractivity contribution in [3.63, 3.8) is 0 Å². The minimum absolute atomic E-state index is 0.0406. The van der Waals surface area contributed by atoms with Crippen LogP contribution in [0.5, 0.6) is 0 Å². The van der Waals surface area contributed by atoms with Gasteiger partial charge in [0.1, 0.15) is 11.4 Å². The van der Waals surface area contributed by atoms with Crippen LogP contribution in [-0.4, -0.2) is 27.8 Å². The predicted octanol–water partition coefficient (Wildman–Crippen LogP) is 4.34. The number of fused-ring (bicyclic) bond motifs is 1. The van der Waals surface area contributed by atoms with Crippen LogP contribution in [0.1, 0.15) is 5.56 Å². The van der Waals surface area contributed by atoms with Crippen LogP contribution in [0.4, 0.5) is 0 Å². The lowest BCUT2D eigenvalue weighted by Crippen LogP contribution is -2.33. The molecule has 4 rings (SSSR count). The van der Waals surface area contributed by atoms with E-state index in [1.165, 1.54) is 32.7 Å². The molecule has 2 aromatic heterocycles. The summed E-state index contributed by atoms with van der Waals surface area (Å²) in [6.07, 6.45) is 1.45. The molecule has 2 aromatic carbocycles. The molecule has 0 unspecified atom stereocenters. The van der Waals surface area contributed by atoms with Crippen LogP contribution in [0, 0.1) is 6.92 Å². The maximum atomic E-state index is 13.0. The minimum Gasteiger partial charge on any atom is -0.354 e. The Labute approximate surface area is 182 Å². The van der Waals surface area contributed by atoms with E-state index in [0.717, 1.165) is 16.9 Å². The molecule has 0 bridgehead atoms. The van der Waals surface area contributed by atoms with Gasteiger partial charge in [-0.25, -0.2) is 4.98 Å². The van der Waals surface area contributed by atoms with Gasteiger partial charge in [0.15, 0.2) is 0 Å². The van der Waals surface area contributed by atoms with Crippen molar-refractivity contribution < 1.29 is 4.79 Å². The Hall–Kier alpha value is -2.90. The Bertz CT molecular complexity index is 1210. The lowest BCUT2D eigenvalue weighted by molar-refractivity contribution is -0.121. The summed E-state index contributed by atoms with van der Waals surface area (Å²) in [6.45, 7) is 2.55. The van der Waals surface area contributed by atoms with Gasteiger partial charge in [0.05, 0.1) is 11.7 Å². The molecule has 152 valence electrons. The fourth-order valence-electron chi connectivity index (χ4n) is 3.11. The fourth-order valence-corrected chi connectivity index (χ4v) is 4.79. The van der Waals surface area contributed by atoms with Gasteiger partial charge in [0, 0.05) is 28.1 Å². The normalized spacial score (nSPS) is 11.0. The van der Waals surface area contributed by atoms with E-state index in [1.807, 2.05) is 35.7 Å². The van der Waals surface area contributed by atoms with Crippen LogP contribution in [0.2, 0.25) is 0 Å². The molecule has 0 aliphatic heterocycles. The van der Waals surface area contributed by atoms with Gasteiger partial charge in [-0.1, -0.05) is 48.0 Å². The lowest BCUT2D eigenvalue weighted by atomic mass is 10.1. The predicted molar refractivity (Wildman–Crippen MR) is 124 cm³/mol. The molecule has 0 saturated heterocycles. The van der Waals surface area contributed by atoms with Gasteiger partial charge < -0.3 is 5.32 Å². The molecule has 0 aliphatic carbocycles. The first-order chi connectivity index (χ1) is 14.6. The molecule has 0 saturated carbocycles. The van der Waals surface area contributed by atoms with E-state index in [9.17, 15) is 9.59 Å². The smallest absolute Gasteiger partial charge is 0.263 e. The molecule has 1 N–H and O–H groups in total. The van der Waals surface area contributed by atoms with Crippen molar-refractivity contribution in [2.75, 3.05) is 12.3 Å². The third kappa shape index (κ3) is 4.63. The first-order valence-corrected chi connectivity index (χ1v) is 11.5.